The van der Waals surface area contributed by atoms with Crippen molar-refractivity contribution in [2.75, 3.05) is 5.32 Å². The summed E-state index contributed by atoms with van der Waals surface area (Å²) in [5.41, 5.74) is 0.871. The molecule has 1 aliphatic rings. The van der Waals surface area contributed by atoms with Gasteiger partial charge in [-0.3, -0.25) is 0 Å². The van der Waals surface area contributed by atoms with Crippen LogP contribution in [0.5, 0.6) is 0 Å². The lowest BCUT2D eigenvalue weighted by Gasteiger charge is -2.35. The summed E-state index contributed by atoms with van der Waals surface area (Å²) in [6.45, 7) is 4.59. The molecule has 0 saturated heterocycles. The van der Waals surface area contributed by atoms with E-state index in [9.17, 15) is 4.39 Å². The highest BCUT2D eigenvalue weighted by molar-refractivity contribution is 9.10. The van der Waals surface area contributed by atoms with Gasteiger partial charge in [0.25, 0.3) is 0 Å². The number of halogens is 2. The predicted molar refractivity (Wildman–Crippen MR) is 73.7 cm³/mol. The highest BCUT2D eigenvalue weighted by Gasteiger charge is 2.27. The molecule has 3 unspecified atom stereocenters. The highest BCUT2D eigenvalue weighted by Crippen LogP contribution is 2.33. The van der Waals surface area contributed by atoms with Gasteiger partial charge in [0.1, 0.15) is 5.82 Å². The van der Waals surface area contributed by atoms with Gasteiger partial charge in [0, 0.05) is 10.5 Å². The Hall–Kier alpha value is -0.570. The van der Waals surface area contributed by atoms with E-state index < -0.39 is 0 Å². The maximum absolute atomic E-state index is 13.2. The highest BCUT2D eigenvalue weighted by atomic mass is 79.9. The van der Waals surface area contributed by atoms with Crippen LogP contribution >= 0.6 is 15.9 Å². The summed E-state index contributed by atoms with van der Waals surface area (Å²) in [4.78, 5) is 0. The first-order valence-electron chi connectivity index (χ1n) is 6.29. The first-order valence-corrected chi connectivity index (χ1v) is 7.09. The monoisotopic (exact) mass is 299 g/mol. The minimum absolute atomic E-state index is 0.188. The zero-order valence-electron chi connectivity index (χ0n) is 10.3. The summed E-state index contributed by atoms with van der Waals surface area (Å²) in [6, 6.07) is 5.25. The molecule has 0 spiro atoms. The van der Waals surface area contributed by atoms with Crippen LogP contribution in [0.15, 0.2) is 22.7 Å². The van der Waals surface area contributed by atoms with Crippen molar-refractivity contribution in [2.45, 2.75) is 39.2 Å². The van der Waals surface area contributed by atoms with E-state index in [1.165, 1.54) is 25.3 Å². The summed E-state index contributed by atoms with van der Waals surface area (Å²) in [6.07, 6.45) is 3.74. The van der Waals surface area contributed by atoms with Gasteiger partial charge in [0.15, 0.2) is 0 Å². The minimum Gasteiger partial charge on any atom is -0.381 e. The molecule has 1 aliphatic carbocycles. The Morgan fingerprint density at radius 3 is 2.82 bits per heavy atom. The smallest absolute Gasteiger partial charge is 0.125 e. The molecule has 1 saturated carbocycles. The van der Waals surface area contributed by atoms with E-state index in [0.29, 0.717) is 12.0 Å². The quantitative estimate of drug-likeness (QED) is 0.825. The van der Waals surface area contributed by atoms with Gasteiger partial charge in [-0.2, -0.15) is 0 Å². The lowest BCUT2D eigenvalue weighted by molar-refractivity contribution is 0.253. The van der Waals surface area contributed by atoms with Crippen molar-refractivity contribution in [3.05, 3.63) is 28.5 Å². The molecule has 3 heteroatoms. The van der Waals surface area contributed by atoms with Gasteiger partial charge >= 0.3 is 0 Å². The van der Waals surface area contributed by atoms with E-state index in [2.05, 4.69) is 35.1 Å². The Bertz CT molecular complexity index is 394. The van der Waals surface area contributed by atoms with E-state index in [1.807, 2.05) is 0 Å². The fourth-order valence-electron chi connectivity index (χ4n) is 2.59. The largest absolute Gasteiger partial charge is 0.381 e. The molecule has 17 heavy (non-hydrogen) atoms. The normalized spacial score (nSPS) is 29.1. The van der Waals surface area contributed by atoms with Crippen molar-refractivity contribution in [3.63, 3.8) is 0 Å². The topological polar surface area (TPSA) is 12.0 Å². The van der Waals surface area contributed by atoms with Crippen molar-refractivity contribution in [1.29, 1.82) is 0 Å². The first kappa shape index (κ1) is 12.9. The number of hydrogen-bond donors (Lipinski definition) is 1. The summed E-state index contributed by atoms with van der Waals surface area (Å²) in [5, 5.41) is 3.48. The molecule has 0 amide bonds. The summed E-state index contributed by atoms with van der Waals surface area (Å²) in [7, 11) is 0. The summed E-state index contributed by atoms with van der Waals surface area (Å²) < 4.78 is 14.1. The van der Waals surface area contributed by atoms with E-state index in [-0.39, 0.29) is 5.82 Å². The summed E-state index contributed by atoms with van der Waals surface area (Å²) >= 11 is 3.46. The van der Waals surface area contributed by atoms with Crippen molar-refractivity contribution in [3.8, 4) is 0 Å². The maximum Gasteiger partial charge on any atom is 0.125 e. The second-order valence-electron chi connectivity index (χ2n) is 5.14. The van der Waals surface area contributed by atoms with Gasteiger partial charge in [-0.15, -0.1) is 0 Å². The number of rotatable bonds is 2. The van der Waals surface area contributed by atoms with E-state index in [0.717, 1.165) is 16.1 Å². The zero-order valence-corrected chi connectivity index (χ0v) is 11.9. The average molecular weight is 300 g/mol. The standard InChI is InChI=1S/C14H19BrFN/c1-9-4-3-5-13(10(9)2)17-14-8-11(16)6-7-12(14)15/h6-10,13,17H,3-5H2,1-2H3. The average Bonchev–Trinajstić information content (AvgIpc) is 2.30. The van der Waals surface area contributed by atoms with Crippen LogP contribution in [0.3, 0.4) is 0 Å². The minimum atomic E-state index is -0.188. The van der Waals surface area contributed by atoms with Gasteiger partial charge in [-0.1, -0.05) is 26.7 Å². The Morgan fingerprint density at radius 2 is 2.06 bits per heavy atom. The van der Waals surface area contributed by atoms with Gasteiger partial charge in [0.05, 0.1) is 5.69 Å². The van der Waals surface area contributed by atoms with E-state index in [4.69, 9.17) is 0 Å². The molecular weight excluding hydrogens is 281 g/mol. The third-order valence-electron chi connectivity index (χ3n) is 3.98. The number of nitrogens with one attached hydrogen (secondary N) is 1. The van der Waals surface area contributed by atoms with Crippen LogP contribution in [-0.2, 0) is 0 Å². The molecule has 1 aromatic rings. The molecule has 3 atom stereocenters. The zero-order chi connectivity index (χ0) is 12.4. The van der Waals surface area contributed by atoms with Gasteiger partial charge in [0.2, 0.25) is 0 Å². The van der Waals surface area contributed by atoms with Crippen molar-refractivity contribution < 1.29 is 4.39 Å². The van der Waals surface area contributed by atoms with Gasteiger partial charge in [-0.25, -0.2) is 4.39 Å². The second-order valence-corrected chi connectivity index (χ2v) is 6.00. The van der Waals surface area contributed by atoms with Crippen LogP contribution in [-0.4, -0.2) is 6.04 Å². The fourth-order valence-corrected chi connectivity index (χ4v) is 2.95. The van der Waals surface area contributed by atoms with Crippen LogP contribution in [0.4, 0.5) is 10.1 Å². The number of hydrogen-bond acceptors (Lipinski definition) is 1. The van der Waals surface area contributed by atoms with Crippen LogP contribution < -0.4 is 5.32 Å². The Balaban J connectivity index is 2.11. The molecule has 0 heterocycles. The van der Waals surface area contributed by atoms with Crippen molar-refractivity contribution in [2.24, 2.45) is 11.8 Å². The van der Waals surface area contributed by atoms with Crippen molar-refractivity contribution in [1.82, 2.24) is 0 Å². The van der Waals surface area contributed by atoms with Crippen molar-refractivity contribution >= 4 is 21.6 Å². The fraction of sp³-hybridized carbons (Fsp3) is 0.571. The number of anilines is 1. The molecule has 0 bridgehead atoms. The Morgan fingerprint density at radius 1 is 1.29 bits per heavy atom. The van der Waals surface area contributed by atoms with Crippen LogP contribution in [0, 0.1) is 17.7 Å². The molecule has 1 aromatic carbocycles. The summed E-state index contributed by atoms with van der Waals surface area (Å²) in [5.74, 6) is 1.19. The van der Waals surface area contributed by atoms with Crippen LogP contribution in [0.2, 0.25) is 0 Å². The van der Waals surface area contributed by atoms with Crippen LogP contribution in [0.1, 0.15) is 33.1 Å². The molecule has 0 radical (unpaired) electrons. The molecule has 94 valence electrons. The Kier molecular flexibility index (Phi) is 4.08. The molecule has 2 rings (SSSR count). The molecule has 0 aromatic heterocycles. The molecule has 1 nitrogen and oxygen atoms in total. The number of benzene rings is 1. The molecular formula is C14H19BrFN. The lowest BCUT2D eigenvalue weighted by atomic mass is 9.78. The predicted octanol–water partition coefficient (Wildman–Crippen LogP) is 4.82. The second kappa shape index (κ2) is 5.38. The van der Waals surface area contributed by atoms with E-state index >= 15 is 0 Å². The van der Waals surface area contributed by atoms with Gasteiger partial charge in [-0.05, 0) is 52.4 Å². The Labute approximate surface area is 111 Å². The first-order chi connectivity index (χ1) is 8.08. The van der Waals surface area contributed by atoms with Crippen LogP contribution in [0.25, 0.3) is 0 Å². The van der Waals surface area contributed by atoms with E-state index in [1.54, 1.807) is 12.1 Å². The maximum atomic E-state index is 13.2. The SMILES string of the molecule is CC1CCCC(Nc2cc(F)ccc2Br)C1C. The third kappa shape index (κ3) is 3.01. The lowest BCUT2D eigenvalue weighted by Crippen LogP contribution is -2.35. The molecule has 1 N–H and O–H groups in total. The third-order valence-corrected chi connectivity index (χ3v) is 4.67. The molecule has 1 fully saturated rings. The molecule has 0 aliphatic heterocycles. The van der Waals surface area contributed by atoms with Gasteiger partial charge < -0.3 is 5.32 Å².